The van der Waals surface area contributed by atoms with Gasteiger partial charge in [0.15, 0.2) is 4.60 Å². The van der Waals surface area contributed by atoms with Crippen LogP contribution in [0, 0.1) is 5.92 Å². The second-order valence-electron chi connectivity index (χ2n) is 4.29. The molecule has 0 aliphatic rings. The molecule has 0 saturated carbocycles. The van der Waals surface area contributed by atoms with Gasteiger partial charge in [0.1, 0.15) is 0 Å². The number of nitrogens with one attached hydrogen (secondary N) is 1. The molecule has 0 radical (unpaired) electrons. The van der Waals surface area contributed by atoms with E-state index < -0.39 is 10.0 Å². The van der Waals surface area contributed by atoms with E-state index in [1.54, 1.807) is 7.05 Å². The highest BCUT2D eigenvalue weighted by atomic mass is 79.9. The normalized spacial score (nSPS) is 13.7. The smallest absolute Gasteiger partial charge is 0.235 e. The molecule has 110 valence electrons. The highest BCUT2D eigenvalue weighted by Gasteiger charge is 2.24. The summed E-state index contributed by atoms with van der Waals surface area (Å²) in [4.78, 5) is 0. The zero-order valence-electron chi connectivity index (χ0n) is 10.9. The van der Waals surface area contributed by atoms with Crippen LogP contribution in [0.2, 0.25) is 0 Å². The number of alkyl halides is 1. The van der Waals surface area contributed by atoms with E-state index in [4.69, 9.17) is 0 Å². The maximum atomic E-state index is 12.2. The van der Waals surface area contributed by atoms with Crippen LogP contribution >= 0.6 is 31.9 Å². The molecule has 0 fully saturated rings. The largest absolute Gasteiger partial charge is 0.260 e. The van der Waals surface area contributed by atoms with Gasteiger partial charge in [0.25, 0.3) is 10.0 Å². The number of hydrogen-bond acceptors (Lipinski definition) is 4. The molecular formula is C10H18Br2N4O2S. The summed E-state index contributed by atoms with van der Waals surface area (Å²) in [6.07, 6.45) is 2.98. The van der Waals surface area contributed by atoms with E-state index in [2.05, 4.69) is 53.8 Å². The molecule has 1 atom stereocenters. The van der Waals surface area contributed by atoms with Crippen molar-refractivity contribution in [3.63, 3.8) is 0 Å². The van der Waals surface area contributed by atoms with Crippen LogP contribution in [0.15, 0.2) is 9.63 Å². The zero-order valence-corrected chi connectivity index (χ0v) is 14.9. The monoisotopic (exact) mass is 416 g/mol. The third kappa shape index (κ3) is 4.80. The maximum absolute atomic E-state index is 12.2. The predicted octanol–water partition coefficient (Wildman–Crippen LogP) is 2.06. The van der Waals surface area contributed by atoms with Crippen molar-refractivity contribution in [2.45, 2.75) is 31.2 Å². The van der Waals surface area contributed by atoms with Crippen LogP contribution < -0.4 is 4.72 Å². The van der Waals surface area contributed by atoms with Crippen molar-refractivity contribution >= 4 is 41.9 Å². The first-order valence-electron chi connectivity index (χ1n) is 6.03. The number of hydrogen-bond donors (Lipinski definition) is 1. The summed E-state index contributed by atoms with van der Waals surface area (Å²) in [7, 11) is -2.03. The molecule has 1 aromatic rings. The third-order valence-corrected chi connectivity index (χ3v) is 5.54. The SMILES string of the molecule is CCCC(CCBr)CNS(=O)(=O)c1c(Br)nnn1C. The molecule has 1 unspecified atom stereocenters. The minimum atomic E-state index is -3.58. The third-order valence-electron chi connectivity index (χ3n) is 2.77. The molecule has 19 heavy (non-hydrogen) atoms. The van der Waals surface area contributed by atoms with Crippen molar-refractivity contribution in [3.05, 3.63) is 4.60 Å². The number of aryl methyl sites for hydroxylation is 1. The summed E-state index contributed by atoms with van der Waals surface area (Å²) < 4.78 is 28.5. The average Bonchev–Trinajstić information content (AvgIpc) is 2.67. The van der Waals surface area contributed by atoms with E-state index in [1.807, 2.05) is 0 Å². The molecule has 0 spiro atoms. The topological polar surface area (TPSA) is 76.9 Å². The maximum Gasteiger partial charge on any atom is 0.260 e. The fourth-order valence-electron chi connectivity index (χ4n) is 1.81. The first-order chi connectivity index (χ1) is 8.92. The zero-order chi connectivity index (χ0) is 14.5. The molecule has 0 amide bonds. The minimum Gasteiger partial charge on any atom is -0.235 e. The Bertz CT molecular complexity index is 478. The van der Waals surface area contributed by atoms with E-state index in [0.717, 1.165) is 24.6 Å². The molecular weight excluding hydrogens is 400 g/mol. The lowest BCUT2D eigenvalue weighted by molar-refractivity contribution is 0.457. The van der Waals surface area contributed by atoms with Crippen molar-refractivity contribution in [2.75, 3.05) is 11.9 Å². The lowest BCUT2D eigenvalue weighted by atomic mass is 10.0. The van der Waals surface area contributed by atoms with Crippen molar-refractivity contribution in [1.82, 2.24) is 19.7 Å². The van der Waals surface area contributed by atoms with E-state index >= 15 is 0 Å². The molecule has 1 aromatic heterocycles. The Kier molecular flexibility index (Phi) is 6.92. The average molecular weight is 418 g/mol. The number of nitrogens with zero attached hydrogens (tertiary/aromatic N) is 3. The van der Waals surface area contributed by atoms with Gasteiger partial charge in [-0.2, -0.15) is 0 Å². The van der Waals surface area contributed by atoms with E-state index in [1.165, 1.54) is 4.68 Å². The molecule has 9 heteroatoms. The Morgan fingerprint density at radius 3 is 2.58 bits per heavy atom. The van der Waals surface area contributed by atoms with Crippen LogP contribution in [0.1, 0.15) is 26.2 Å². The molecule has 6 nitrogen and oxygen atoms in total. The molecule has 0 aromatic carbocycles. The van der Waals surface area contributed by atoms with E-state index in [9.17, 15) is 8.42 Å². The van der Waals surface area contributed by atoms with Crippen LogP contribution in [-0.2, 0) is 17.1 Å². The highest BCUT2D eigenvalue weighted by Crippen LogP contribution is 2.18. The lowest BCUT2D eigenvalue weighted by Crippen LogP contribution is -2.31. The first-order valence-corrected chi connectivity index (χ1v) is 9.43. The van der Waals surface area contributed by atoms with Crippen LogP contribution in [0.5, 0.6) is 0 Å². The fraction of sp³-hybridized carbons (Fsp3) is 0.800. The van der Waals surface area contributed by atoms with Crippen LogP contribution in [0.25, 0.3) is 0 Å². The Labute approximate surface area is 130 Å². The van der Waals surface area contributed by atoms with Crippen molar-refractivity contribution in [2.24, 2.45) is 13.0 Å². The molecule has 1 N–H and O–H groups in total. The number of aromatic nitrogens is 3. The summed E-state index contributed by atoms with van der Waals surface area (Å²) in [5.74, 6) is 0.333. The first kappa shape index (κ1) is 17.1. The Morgan fingerprint density at radius 2 is 2.11 bits per heavy atom. The summed E-state index contributed by atoms with van der Waals surface area (Å²) in [5, 5.41) is 8.29. The summed E-state index contributed by atoms with van der Waals surface area (Å²) in [6.45, 7) is 2.52. The lowest BCUT2D eigenvalue weighted by Gasteiger charge is -2.15. The minimum absolute atomic E-state index is 0.0570. The molecule has 1 heterocycles. The summed E-state index contributed by atoms with van der Waals surface area (Å²) in [5.41, 5.74) is 0. The van der Waals surface area contributed by atoms with Gasteiger partial charge >= 0.3 is 0 Å². The number of halogens is 2. The van der Waals surface area contributed by atoms with Gasteiger partial charge in [-0.05, 0) is 34.7 Å². The van der Waals surface area contributed by atoms with Crippen molar-refractivity contribution < 1.29 is 8.42 Å². The second kappa shape index (κ2) is 7.70. The van der Waals surface area contributed by atoms with Gasteiger partial charge in [-0.15, -0.1) is 5.10 Å². The quantitative estimate of drug-likeness (QED) is 0.656. The van der Waals surface area contributed by atoms with Gasteiger partial charge in [-0.3, -0.25) is 0 Å². The second-order valence-corrected chi connectivity index (χ2v) is 7.52. The van der Waals surface area contributed by atoms with Crippen LogP contribution in [-0.4, -0.2) is 35.3 Å². The van der Waals surface area contributed by atoms with Gasteiger partial charge in [-0.1, -0.05) is 34.5 Å². The number of sulfonamides is 1. The molecule has 0 saturated heterocycles. The Balaban J connectivity index is 2.75. The highest BCUT2D eigenvalue weighted by molar-refractivity contribution is 9.10. The van der Waals surface area contributed by atoms with Crippen molar-refractivity contribution in [3.8, 4) is 0 Å². The van der Waals surface area contributed by atoms with Gasteiger partial charge in [0, 0.05) is 18.9 Å². The van der Waals surface area contributed by atoms with Gasteiger partial charge in [0.05, 0.1) is 0 Å². The Morgan fingerprint density at radius 1 is 1.42 bits per heavy atom. The standard InChI is InChI=1S/C10H18Br2N4O2S/c1-3-4-8(5-6-11)7-13-19(17,18)10-9(12)14-15-16(10)2/h8,13H,3-7H2,1-2H3. The predicted molar refractivity (Wildman–Crippen MR) is 80.7 cm³/mol. The Hall–Kier alpha value is 0.0100. The van der Waals surface area contributed by atoms with E-state index in [-0.39, 0.29) is 9.63 Å². The van der Waals surface area contributed by atoms with Gasteiger partial charge in [-0.25, -0.2) is 17.8 Å². The van der Waals surface area contributed by atoms with Crippen molar-refractivity contribution in [1.29, 1.82) is 0 Å². The molecule has 0 bridgehead atoms. The summed E-state index contributed by atoms with van der Waals surface area (Å²) in [6, 6.07) is 0. The molecule has 0 aliphatic heterocycles. The van der Waals surface area contributed by atoms with Crippen LogP contribution in [0.4, 0.5) is 0 Å². The summed E-state index contributed by atoms with van der Waals surface area (Å²) >= 11 is 6.49. The van der Waals surface area contributed by atoms with Gasteiger partial charge < -0.3 is 0 Å². The fourth-order valence-corrected chi connectivity index (χ4v) is 4.67. The molecule has 0 aliphatic carbocycles. The van der Waals surface area contributed by atoms with Gasteiger partial charge in [0.2, 0.25) is 5.03 Å². The number of rotatable bonds is 8. The molecule has 1 rings (SSSR count). The van der Waals surface area contributed by atoms with Crippen LogP contribution in [0.3, 0.4) is 0 Å². The van der Waals surface area contributed by atoms with E-state index in [0.29, 0.717) is 12.5 Å².